The van der Waals surface area contributed by atoms with Gasteiger partial charge in [0.2, 0.25) is 5.91 Å². The first-order valence-electron chi connectivity index (χ1n) is 14.6. The minimum atomic E-state index is -0.404. The SMILES string of the molecule is Cc1ccc(C)c(C2(CCN3CCN(C4CCCCC4)CC3)CCN(C(=O)Cc3c(F)cccc3Cl)C2)c1. The maximum atomic E-state index is 14.4. The topological polar surface area (TPSA) is 26.8 Å². The predicted octanol–water partition coefficient (Wildman–Crippen LogP) is 6.15. The quantitative estimate of drug-likeness (QED) is 0.422. The molecule has 2 aromatic rings. The molecule has 6 heteroatoms. The Morgan fingerprint density at radius 3 is 2.53 bits per heavy atom. The molecule has 3 aliphatic rings. The number of halogens is 2. The molecule has 2 saturated heterocycles. The lowest BCUT2D eigenvalue weighted by Crippen LogP contribution is -2.51. The molecule has 4 nitrogen and oxygen atoms in total. The van der Waals surface area contributed by atoms with E-state index in [1.54, 1.807) is 12.1 Å². The fourth-order valence-electron chi connectivity index (χ4n) is 7.09. The third kappa shape index (κ3) is 6.11. The van der Waals surface area contributed by atoms with Gasteiger partial charge in [-0.2, -0.15) is 0 Å². The van der Waals surface area contributed by atoms with Crippen molar-refractivity contribution in [3.63, 3.8) is 0 Å². The van der Waals surface area contributed by atoms with Crippen molar-refractivity contribution in [2.24, 2.45) is 0 Å². The number of hydrogen-bond acceptors (Lipinski definition) is 3. The number of piperazine rings is 1. The van der Waals surface area contributed by atoms with Crippen LogP contribution in [0.4, 0.5) is 4.39 Å². The number of carbonyl (C=O) groups excluding carboxylic acids is 1. The lowest BCUT2D eigenvalue weighted by Gasteiger charge is -2.42. The van der Waals surface area contributed by atoms with Crippen molar-refractivity contribution in [1.82, 2.24) is 14.7 Å². The zero-order valence-electron chi connectivity index (χ0n) is 23.2. The molecule has 1 amide bonds. The maximum absolute atomic E-state index is 14.4. The number of nitrogens with zero attached hydrogens (tertiary/aromatic N) is 3. The molecule has 5 rings (SSSR count). The summed E-state index contributed by atoms with van der Waals surface area (Å²) in [7, 11) is 0. The minimum absolute atomic E-state index is 0.0114. The predicted molar refractivity (Wildman–Crippen MR) is 153 cm³/mol. The Hall–Kier alpha value is -1.95. The van der Waals surface area contributed by atoms with E-state index in [4.69, 9.17) is 11.6 Å². The summed E-state index contributed by atoms with van der Waals surface area (Å²) in [6, 6.07) is 12.1. The van der Waals surface area contributed by atoms with E-state index in [-0.39, 0.29) is 17.7 Å². The van der Waals surface area contributed by atoms with Gasteiger partial charge in [-0.15, -0.1) is 0 Å². The molecule has 0 radical (unpaired) electrons. The van der Waals surface area contributed by atoms with E-state index < -0.39 is 5.82 Å². The highest BCUT2D eigenvalue weighted by Gasteiger charge is 2.42. The molecule has 0 spiro atoms. The molecule has 0 aromatic heterocycles. The molecule has 0 bridgehead atoms. The van der Waals surface area contributed by atoms with Gasteiger partial charge in [0.05, 0.1) is 6.42 Å². The normalized spacial score (nSPS) is 23.7. The Morgan fingerprint density at radius 2 is 1.79 bits per heavy atom. The van der Waals surface area contributed by atoms with Crippen LogP contribution >= 0.6 is 11.6 Å². The van der Waals surface area contributed by atoms with Gasteiger partial charge in [0, 0.05) is 61.3 Å². The summed E-state index contributed by atoms with van der Waals surface area (Å²) >= 11 is 6.25. The molecule has 38 heavy (non-hydrogen) atoms. The van der Waals surface area contributed by atoms with Gasteiger partial charge in [-0.1, -0.05) is 60.7 Å². The number of rotatable bonds is 7. The van der Waals surface area contributed by atoms with Crippen LogP contribution in [0.1, 0.15) is 67.2 Å². The number of benzene rings is 2. The summed E-state index contributed by atoms with van der Waals surface area (Å²) in [6.45, 7) is 11.4. The molecular formula is C32H43ClFN3O. The molecule has 1 unspecified atom stereocenters. The fraction of sp³-hybridized carbons (Fsp3) is 0.594. The second kappa shape index (κ2) is 12.1. The van der Waals surface area contributed by atoms with Crippen molar-refractivity contribution in [2.45, 2.75) is 76.7 Å². The first kappa shape index (κ1) is 27.6. The van der Waals surface area contributed by atoms with Crippen LogP contribution in [0.25, 0.3) is 0 Å². The molecule has 0 N–H and O–H groups in total. The Kier molecular flexibility index (Phi) is 8.76. The first-order valence-corrected chi connectivity index (χ1v) is 15.0. The lowest BCUT2D eigenvalue weighted by molar-refractivity contribution is -0.129. The number of carbonyl (C=O) groups is 1. The molecule has 3 fully saturated rings. The number of hydrogen-bond donors (Lipinski definition) is 0. The van der Waals surface area contributed by atoms with Crippen molar-refractivity contribution in [3.05, 3.63) is 69.5 Å². The third-order valence-corrected chi connectivity index (χ3v) is 9.82. The molecule has 2 aromatic carbocycles. The van der Waals surface area contributed by atoms with E-state index >= 15 is 0 Å². The number of aryl methyl sites for hydroxylation is 2. The van der Waals surface area contributed by atoms with Crippen molar-refractivity contribution < 1.29 is 9.18 Å². The molecular weight excluding hydrogens is 497 g/mol. The zero-order valence-corrected chi connectivity index (χ0v) is 23.9. The van der Waals surface area contributed by atoms with Crippen LogP contribution in [0.3, 0.4) is 0 Å². The number of amides is 1. The van der Waals surface area contributed by atoms with Crippen molar-refractivity contribution >= 4 is 17.5 Å². The largest absolute Gasteiger partial charge is 0.341 e. The van der Waals surface area contributed by atoms with E-state index in [1.165, 1.54) is 68.0 Å². The summed E-state index contributed by atoms with van der Waals surface area (Å²) in [5, 5.41) is 0.325. The van der Waals surface area contributed by atoms with Crippen LogP contribution < -0.4 is 0 Å². The van der Waals surface area contributed by atoms with Crippen LogP contribution in [0.15, 0.2) is 36.4 Å². The van der Waals surface area contributed by atoms with Gasteiger partial charge in [0.15, 0.2) is 0 Å². The summed E-state index contributed by atoms with van der Waals surface area (Å²) in [4.78, 5) is 20.7. The van der Waals surface area contributed by atoms with Gasteiger partial charge in [-0.05, 0) is 69.3 Å². The van der Waals surface area contributed by atoms with Crippen molar-refractivity contribution in [3.8, 4) is 0 Å². The summed E-state index contributed by atoms with van der Waals surface area (Å²) in [5.74, 6) is -0.441. The van der Waals surface area contributed by atoms with E-state index in [1.807, 2.05) is 4.90 Å². The standard InChI is InChI=1S/C32H43ClFN3O/c1-24-11-12-25(2)28(21-24)32(13-15-35-17-19-36(20-18-35)26-7-4-3-5-8-26)14-16-37(23-32)31(38)22-27-29(33)9-6-10-30(27)34/h6,9-12,21,26H,3-5,7-8,13-20,22-23H2,1-2H3. The zero-order chi connectivity index (χ0) is 26.7. The van der Waals surface area contributed by atoms with Crippen LogP contribution in [0.5, 0.6) is 0 Å². The average molecular weight is 540 g/mol. The number of likely N-dealkylation sites (tertiary alicyclic amines) is 1. The monoisotopic (exact) mass is 539 g/mol. The average Bonchev–Trinajstić information content (AvgIpc) is 3.37. The van der Waals surface area contributed by atoms with Gasteiger partial charge < -0.3 is 9.80 Å². The molecule has 2 heterocycles. The molecule has 2 aliphatic heterocycles. The minimum Gasteiger partial charge on any atom is -0.341 e. The lowest BCUT2D eigenvalue weighted by atomic mass is 9.74. The molecule has 1 saturated carbocycles. The summed E-state index contributed by atoms with van der Waals surface area (Å²) in [5.41, 5.74) is 4.15. The Morgan fingerprint density at radius 1 is 1.03 bits per heavy atom. The Balaban J connectivity index is 1.27. The second-order valence-corrected chi connectivity index (χ2v) is 12.4. The van der Waals surface area contributed by atoms with Gasteiger partial charge in [-0.25, -0.2) is 4.39 Å². The molecule has 1 aliphatic carbocycles. The van der Waals surface area contributed by atoms with E-state index in [2.05, 4.69) is 41.8 Å². The fourth-order valence-corrected chi connectivity index (χ4v) is 7.32. The van der Waals surface area contributed by atoms with Crippen molar-refractivity contribution in [1.29, 1.82) is 0 Å². The van der Waals surface area contributed by atoms with Gasteiger partial charge >= 0.3 is 0 Å². The summed E-state index contributed by atoms with van der Waals surface area (Å²) in [6.07, 6.45) is 8.92. The highest BCUT2D eigenvalue weighted by atomic mass is 35.5. The van der Waals surface area contributed by atoms with E-state index in [9.17, 15) is 9.18 Å². The summed E-state index contributed by atoms with van der Waals surface area (Å²) < 4.78 is 14.4. The second-order valence-electron chi connectivity index (χ2n) is 12.0. The van der Waals surface area contributed by atoms with Crippen LogP contribution in [0.2, 0.25) is 5.02 Å². The van der Waals surface area contributed by atoms with Gasteiger partial charge in [-0.3, -0.25) is 9.69 Å². The van der Waals surface area contributed by atoms with Gasteiger partial charge in [0.25, 0.3) is 0 Å². The smallest absolute Gasteiger partial charge is 0.227 e. The Labute approximate surface area is 233 Å². The van der Waals surface area contributed by atoms with Crippen LogP contribution in [-0.2, 0) is 16.6 Å². The highest BCUT2D eigenvalue weighted by molar-refractivity contribution is 6.31. The highest BCUT2D eigenvalue weighted by Crippen LogP contribution is 2.40. The van der Waals surface area contributed by atoms with E-state index in [0.29, 0.717) is 23.7 Å². The van der Waals surface area contributed by atoms with Gasteiger partial charge in [0.1, 0.15) is 5.82 Å². The maximum Gasteiger partial charge on any atom is 0.227 e. The van der Waals surface area contributed by atoms with Crippen LogP contribution in [0, 0.1) is 19.7 Å². The Bertz CT molecular complexity index is 1110. The first-order chi connectivity index (χ1) is 18.3. The third-order valence-electron chi connectivity index (χ3n) is 9.47. The van der Waals surface area contributed by atoms with Crippen LogP contribution in [-0.4, -0.2) is 72.5 Å². The molecule has 1 atom stereocenters. The van der Waals surface area contributed by atoms with E-state index in [0.717, 1.165) is 38.5 Å². The molecule has 206 valence electrons. The van der Waals surface area contributed by atoms with Crippen molar-refractivity contribution in [2.75, 3.05) is 45.8 Å².